The third kappa shape index (κ3) is 12.7. The number of carbonyl (C=O) groups excluding carboxylic acids is 2. The zero-order chi connectivity index (χ0) is 33.3. The van der Waals surface area contributed by atoms with E-state index in [9.17, 15) is 9.59 Å². The topological polar surface area (TPSA) is 95.1 Å². The molecule has 4 rings (SSSR count). The van der Waals surface area contributed by atoms with E-state index in [1.54, 1.807) is 12.1 Å². The molecule has 0 aromatic heterocycles. The van der Waals surface area contributed by atoms with Crippen molar-refractivity contribution in [2.45, 2.75) is 71.9 Å². The molecule has 0 radical (unpaired) electrons. The average molecular weight is 639 g/mol. The summed E-state index contributed by atoms with van der Waals surface area (Å²) in [5.74, 6) is 1.08. The minimum atomic E-state index is -0.513. The van der Waals surface area contributed by atoms with Gasteiger partial charge in [-0.15, -0.1) is 0 Å². The number of unbranched alkanes of at least 4 members (excludes halogenated alkanes) is 3. The molecule has 0 atom stereocenters. The van der Waals surface area contributed by atoms with Crippen molar-refractivity contribution >= 4 is 12.0 Å². The van der Waals surface area contributed by atoms with E-state index in [1.807, 2.05) is 112 Å². The van der Waals surface area contributed by atoms with Gasteiger partial charge in [-0.1, -0.05) is 104 Å². The predicted molar refractivity (Wildman–Crippen MR) is 184 cm³/mol. The summed E-state index contributed by atoms with van der Waals surface area (Å²) in [7, 11) is 0. The van der Waals surface area contributed by atoms with Gasteiger partial charge >= 0.3 is 6.09 Å². The molecule has 2 N–H and O–H groups in total. The van der Waals surface area contributed by atoms with Crippen molar-refractivity contribution in [2.24, 2.45) is 0 Å². The van der Waals surface area contributed by atoms with Gasteiger partial charge in [0.25, 0.3) is 5.91 Å². The second kappa shape index (κ2) is 18.2. The molecule has 4 aromatic rings. The maximum Gasteiger partial charge on any atom is 0.407 e. The van der Waals surface area contributed by atoms with Crippen molar-refractivity contribution < 1.29 is 28.5 Å². The van der Waals surface area contributed by atoms with E-state index in [0.29, 0.717) is 55.7 Å². The average Bonchev–Trinajstić information content (AvgIpc) is 3.07. The first kappa shape index (κ1) is 34.9. The van der Waals surface area contributed by atoms with Gasteiger partial charge < -0.3 is 29.6 Å². The molecule has 0 aliphatic carbocycles. The van der Waals surface area contributed by atoms with Crippen LogP contribution in [0, 0.1) is 0 Å². The number of hydrogen-bond donors (Lipinski definition) is 2. The molecule has 47 heavy (non-hydrogen) atoms. The number of hydrogen-bond acceptors (Lipinski definition) is 6. The first-order chi connectivity index (χ1) is 22.8. The van der Waals surface area contributed by atoms with Crippen LogP contribution >= 0.6 is 0 Å². The molecule has 2 amide bonds. The molecule has 248 valence electrons. The molecule has 8 nitrogen and oxygen atoms in total. The van der Waals surface area contributed by atoms with Gasteiger partial charge in [-0.25, -0.2) is 4.79 Å². The van der Waals surface area contributed by atoms with Crippen LogP contribution in [0.3, 0.4) is 0 Å². The van der Waals surface area contributed by atoms with E-state index in [1.165, 1.54) is 0 Å². The summed E-state index contributed by atoms with van der Waals surface area (Å²) < 4.78 is 24.2. The number of rotatable bonds is 17. The molecule has 0 saturated heterocycles. The number of carbonyl (C=O) groups is 2. The fourth-order valence-corrected chi connectivity index (χ4v) is 4.68. The van der Waals surface area contributed by atoms with Crippen molar-refractivity contribution in [1.82, 2.24) is 10.6 Å². The van der Waals surface area contributed by atoms with E-state index < -0.39 is 11.7 Å². The molecule has 0 fully saturated rings. The summed E-state index contributed by atoms with van der Waals surface area (Å²) in [6.07, 6.45) is 3.08. The Hall–Kier alpha value is -4.98. The van der Waals surface area contributed by atoms with Crippen molar-refractivity contribution in [2.75, 3.05) is 13.1 Å². The number of benzene rings is 4. The van der Waals surface area contributed by atoms with E-state index in [4.69, 9.17) is 18.9 Å². The first-order valence-electron chi connectivity index (χ1n) is 16.2. The van der Waals surface area contributed by atoms with Crippen molar-refractivity contribution in [3.8, 4) is 17.2 Å². The lowest BCUT2D eigenvalue weighted by molar-refractivity contribution is 0.0526. The lowest BCUT2D eigenvalue weighted by Crippen LogP contribution is -2.33. The second-order valence-electron chi connectivity index (χ2n) is 12.2. The van der Waals surface area contributed by atoms with Gasteiger partial charge in [-0.3, -0.25) is 4.79 Å². The minimum absolute atomic E-state index is 0.222. The Bertz CT molecular complexity index is 1460. The Morgan fingerprint density at radius 2 is 1.00 bits per heavy atom. The Balaban J connectivity index is 1.42. The highest BCUT2D eigenvalue weighted by Crippen LogP contribution is 2.40. The smallest absolute Gasteiger partial charge is 0.407 e. The number of amides is 2. The first-order valence-corrected chi connectivity index (χ1v) is 16.2. The molecular weight excluding hydrogens is 592 g/mol. The van der Waals surface area contributed by atoms with Gasteiger partial charge in [0.05, 0.1) is 0 Å². The third-order valence-corrected chi connectivity index (χ3v) is 7.04. The Kier molecular flexibility index (Phi) is 13.5. The van der Waals surface area contributed by atoms with E-state index >= 15 is 0 Å². The number of ether oxygens (including phenoxy) is 4. The fourth-order valence-electron chi connectivity index (χ4n) is 4.68. The zero-order valence-electron chi connectivity index (χ0n) is 27.6. The molecule has 0 bridgehead atoms. The lowest BCUT2D eigenvalue weighted by atomic mass is 10.1. The van der Waals surface area contributed by atoms with Crippen LogP contribution in [0.2, 0.25) is 0 Å². The molecule has 4 aromatic carbocycles. The highest BCUT2D eigenvalue weighted by molar-refractivity contribution is 5.95. The standard InChI is InChI=1S/C39H46N2O6/c1-39(2,3)47-38(43)41-24-16-5-4-15-23-40-37(42)33-25-34(44-27-30-17-9-6-10-18-30)36(46-29-32-21-13-8-14-22-32)35(26-33)45-28-31-19-11-7-12-20-31/h6-14,17-22,25-26H,4-5,15-16,23-24,27-29H2,1-3H3,(H,40,42)(H,41,43). The van der Waals surface area contributed by atoms with Gasteiger partial charge in [0.1, 0.15) is 25.4 Å². The largest absolute Gasteiger partial charge is 0.485 e. The fraction of sp³-hybridized carbons (Fsp3) is 0.333. The summed E-state index contributed by atoms with van der Waals surface area (Å²) in [6.45, 7) is 7.50. The Labute approximate surface area is 278 Å². The molecule has 0 heterocycles. The maximum atomic E-state index is 13.4. The summed E-state index contributed by atoms with van der Waals surface area (Å²) in [6, 6.07) is 33.0. The van der Waals surface area contributed by atoms with Gasteiger partial charge in [0.15, 0.2) is 11.5 Å². The van der Waals surface area contributed by atoms with Crippen LogP contribution in [0.15, 0.2) is 103 Å². The molecule has 0 aliphatic rings. The van der Waals surface area contributed by atoms with Crippen LogP contribution in [0.25, 0.3) is 0 Å². The summed E-state index contributed by atoms with van der Waals surface area (Å²) in [5, 5.41) is 5.81. The predicted octanol–water partition coefficient (Wildman–Crippen LogP) is 8.24. The van der Waals surface area contributed by atoms with E-state index in [-0.39, 0.29) is 5.91 Å². The highest BCUT2D eigenvalue weighted by Gasteiger charge is 2.20. The zero-order valence-corrected chi connectivity index (χ0v) is 27.6. The van der Waals surface area contributed by atoms with Crippen LogP contribution in [0.1, 0.15) is 73.5 Å². The second-order valence-corrected chi connectivity index (χ2v) is 12.2. The Morgan fingerprint density at radius 1 is 0.574 bits per heavy atom. The normalized spacial score (nSPS) is 11.0. The molecule has 0 aliphatic heterocycles. The lowest BCUT2D eigenvalue weighted by Gasteiger charge is -2.19. The van der Waals surface area contributed by atoms with Crippen molar-refractivity contribution in [3.63, 3.8) is 0 Å². The van der Waals surface area contributed by atoms with Gasteiger partial charge in [-0.2, -0.15) is 0 Å². The van der Waals surface area contributed by atoms with Gasteiger partial charge in [-0.05, 0) is 62.4 Å². The van der Waals surface area contributed by atoms with Gasteiger partial charge in [0.2, 0.25) is 5.75 Å². The SMILES string of the molecule is CC(C)(C)OC(=O)NCCCCCCNC(=O)c1cc(OCc2ccccc2)c(OCc2ccccc2)c(OCc2ccccc2)c1. The van der Waals surface area contributed by atoms with Crippen LogP contribution in [0.4, 0.5) is 4.79 Å². The molecule has 8 heteroatoms. The molecular formula is C39H46N2O6. The van der Waals surface area contributed by atoms with Crippen LogP contribution in [0.5, 0.6) is 17.2 Å². The number of nitrogens with one attached hydrogen (secondary N) is 2. The molecule has 0 saturated carbocycles. The van der Waals surface area contributed by atoms with Crippen LogP contribution in [-0.2, 0) is 24.6 Å². The molecule has 0 unspecified atom stereocenters. The summed E-state index contributed by atoms with van der Waals surface area (Å²) in [5.41, 5.74) is 2.89. The molecule has 0 spiro atoms. The van der Waals surface area contributed by atoms with Crippen molar-refractivity contribution in [1.29, 1.82) is 0 Å². The van der Waals surface area contributed by atoms with E-state index in [2.05, 4.69) is 10.6 Å². The Morgan fingerprint density at radius 3 is 1.45 bits per heavy atom. The summed E-state index contributed by atoms with van der Waals surface area (Å²) >= 11 is 0. The minimum Gasteiger partial charge on any atom is -0.485 e. The highest BCUT2D eigenvalue weighted by atomic mass is 16.6. The monoisotopic (exact) mass is 638 g/mol. The summed E-state index contributed by atoms with van der Waals surface area (Å²) in [4.78, 5) is 25.2. The van der Waals surface area contributed by atoms with Crippen LogP contribution < -0.4 is 24.8 Å². The van der Waals surface area contributed by atoms with Crippen LogP contribution in [-0.4, -0.2) is 30.7 Å². The quantitative estimate of drug-likeness (QED) is 0.113. The maximum absolute atomic E-state index is 13.4. The number of alkyl carbamates (subject to hydrolysis) is 1. The third-order valence-electron chi connectivity index (χ3n) is 7.04. The van der Waals surface area contributed by atoms with Gasteiger partial charge in [0, 0.05) is 18.7 Å². The van der Waals surface area contributed by atoms with Crippen molar-refractivity contribution in [3.05, 3.63) is 125 Å². The van der Waals surface area contributed by atoms with E-state index in [0.717, 1.165) is 42.4 Å².